The highest BCUT2D eigenvalue weighted by molar-refractivity contribution is 5.80. The van der Waals surface area contributed by atoms with Gasteiger partial charge in [0, 0.05) is 18.8 Å². The fourth-order valence-electron chi connectivity index (χ4n) is 1.64. The van der Waals surface area contributed by atoms with Crippen LogP contribution in [0.3, 0.4) is 0 Å². The Bertz CT molecular complexity index is 175. The maximum atomic E-state index is 11.6. The summed E-state index contributed by atoms with van der Waals surface area (Å²) in [6.07, 6.45) is 8.61. The van der Waals surface area contributed by atoms with E-state index in [4.69, 9.17) is 0 Å². The van der Waals surface area contributed by atoms with Gasteiger partial charge in [-0.1, -0.05) is 33.1 Å². The Morgan fingerprint density at radius 3 is 2.53 bits per heavy atom. The maximum absolute atomic E-state index is 11.6. The molecule has 0 N–H and O–H groups in total. The number of rotatable bonds is 10. The summed E-state index contributed by atoms with van der Waals surface area (Å²) in [6, 6.07) is 0. The quantitative estimate of drug-likeness (QED) is 0.410. The van der Waals surface area contributed by atoms with E-state index in [-0.39, 0.29) is 5.92 Å². The van der Waals surface area contributed by atoms with Gasteiger partial charge in [-0.05, 0) is 19.3 Å². The summed E-state index contributed by atoms with van der Waals surface area (Å²) in [4.78, 5) is 21.7. The second kappa shape index (κ2) is 9.88. The second-order valence-corrected chi connectivity index (χ2v) is 4.28. The minimum Gasteiger partial charge on any atom is -0.303 e. The first-order valence-corrected chi connectivity index (χ1v) is 6.18. The lowest BCUT2D eigenvalue weighted by atomic mass is 9.95. The third kappa shape index (κ3) is 8.34. The van der Waals surface area contributed by atoms with E-state index in [0.29, 0.717) is 12.2 Å². The van der Waals surface area contributed by atoms with Crippen LogP contribution in [0.5, 0.6) is 0 Å². The standard InChI is InChI=1S/C13H24O2/c1-3-4-5-6-10-13(15)12(2)9-7-8-11-14/h11-12H,3-10H2,1-2H3. The Kier molecular flexibility index (Phi) is 9.44. The van der Waals surface area contributed by atoms with Gasteiger partial charge in [-0.2, -0.15) is 0 Å². The number of aldehydes is 1. The summed E-state index contributed by atoms with van der Waals surface area (Å²) in [7, 11) is 0. The summed E-state index contributed by atoms with van der Waals surface area (Å²) >= 11 is 0. The molecule has 15 heavy (non-hydrogen) atoms. The van der Waals surface area contributed by atoms with E-state index in [9.17, 15) is 9.59 Å². The molecule has 0 rings (SSSR count). The van der Waals surface area contributed by atoms with E-state index < -0.39 is 0 Å². The van der Waals surface area contributed by atoms with E-state index in [1.165, 1.54) is 19.3 Å². The average Bonchev–Trinajstić information content (AvgIpc) is 2.24. The summed E-state index contributed by atoms with van der Waals surface area (Å²) < 4.78 is 0. The van der Waals surface area contributed by atoms with E-state index in [1.807, 2.05) is 6.92 Å². The van der Waals surface area contributed by atoms with E-state index >= 15 is 0 Å². The molecule has 0 aliphatic carbocycles. The van der Waals surface area contributed by atoms with Crippen LogP contribution < -0.4 is 0 Å². The molecule has 0 aliphatic rings. The third-order valence-corrected chi connectivity index (χ3v) is 2.79. The lowest BCUT2D eigenvalue weighted by Gasteiger charge is -2.08. The third-order valence-electron chi connectivity index (χ3n) is 2.79. The highest BCUT2D eigenvalue weighted by Crippen LogP contribution is 2.13. The van der Waals surface area contributed by atoms with Crippen molar-refractivity contribution in [3.05, 3.63) is 0 Å². The normalized spacial score (nSPS) is 12.4. The van der Waals surface area contributed by atoms with Crippen molar-refractivity contribution >= 4 is 12.1 Å². The molecular formula is C13H24O2. The monoisotopic (exact) mass is 212 g/mol. The van der Waals surface area contributed by atoms with Crippen LogP contribution >= 0.6 is 0 Å². The summed E-state index contributed by atoms with van der Waals surface area (Å²) in [5.41, 5.74) is 0. The first kappa shape index (κ1) is 14.3. The van der Waals surface area contributed by atoms with Gasteiger partial charge in [0.05, 0.1) is 0 Å². The van der Waals surface area contributed by atoms with Gasteiger partial charge in [0.15, 0.2) is 0 Å². The summed E-state index contributed by atoms with van der Waals surface area (Å²) in [6.45, 7) is 4.15. The molecule has 0 bridgehead atoms. The van der Waals surface area contributed by atoms with Gasteiger partial charge in [-0.15, -0.1) is 0 Å². The molecule has 0 radical (unpaired) electrons. The van der Waals surface area contributed by atoms with Gasteiger partial charge in [0.2, 0.25) is 0 Å². The highest BCUT2D eigenvalue weighted by atomic mass is 16.1. The zero-order valence-electron chi connectivity index (χ0n) is 10.1. The number of hydrogen-bond donors (Lipinski definition) is 0. The van der Waals surface area contributed by atoms with Crippen molar-refractivity contribution in [3.8, 4) is 0 Å². The first-order valence-electron chi connectivity index (χ1n) is 6.18. The highest BCUT2D eigenvalue weighted by Gasteiger charge is 2.11. The zero-order chi connectivity index (χ0) is 11.5. The minimum absolute atomic E-state index is 0.145. The van der Waals surface area contributed by atoms with E-state index in [1.54, 1.807) is 0 Å². The molecule has 0 aromatic heterocycles. The molecular weight excluding hydrogens is 188 g/mol. The molecule has 0 saturated heterocycles. The Balaban J connectivity index is 3.46. The van der Waals surface area contributed by atoms with Gasteiger partial charge in [0.1, 0.15) is 12.1 Å². The predicted molar refractivity (Wildman–Crippen MR) is 62.8 cm³/mol. The molecule has 0 aromatic carbocycles. The lowest BCUT2D eigenvalue weighted by molar-refractivity contribution is -0.122. The van der Waals surface area contributed by atoms with Crippen molar-refractivity contribution in [1.29, 1.82) is 0 Å². The van der Waals surface area contributed by atoms with Crippen LogP contribution in [-0.2, 0) is 9.59 Å². The number of carbonyl (C=O) groups is 2. The van der Waals surface area contributed by atoms with Crippen molar-refractivity contribution < 1.29 is 9.59 Å². The Morgan fingerprint density at radius 1 is 1.20 bits per heavy atom. The molecule has 0 spiro atoms. The predicted octanol–water partition coefficient (Wildman–Crippen LogP) is 3.53. The number of unbranched alkanes of at least 4 members (excludes halogenated alkanes) is 4. The SMILES string of the molecule is CCCCCCC(=O)C(C)CCCC=O. The van der Waals surface area contributed by atoms with Crippen molar-refractivity contribution in [1.82, 2.24) is 0 Å². The Hall–Kier alpha value is -0.660. The smallest absolute Gasteiger partial charge is 0.135 e. The molecule has 1 unspecified atom stereocenters. The molecule has 0 heterocycles. The topological polar surface area (TPSA) is 34.1 Å². The van der Waals surface area contributed by atoms with Gasteiger partial charge < -0.3 is 4.79 Å². The number of hydrogen-bond acceptors (Lipinski definition) is 2. The molecule has 2 nitrogen and oxygen atoms in total. The molecule has 0 amide bonds. The molecule has 88 valence electrons. The second-order valence-electron chi connectivity index (χ2n) is 4.28. The molecule has 0 aliphatic heterocycles. The van der Waals surface area contributed by atoms with Crippen molar-refractivity contribution in [3.63, 3.8) is 0 Å². The minimum atomic E-state index is 0.145. The van der Waals surface area contributed by atoms with Gasteiger partial charge in [-0.3, -0.25) is 4.79 Å². The van der Waals surface area contributed by atoms with Gasteiger partial charge >= 0.3 is 0 Å². The Morgan fingerprint density at radius 2 is 1.93 bits per heavy atom. The average molecular weight is 212 g/mol. The summed E-state index contributed by atoms with van der Waals surface area (Å²) in [5.74, 6) is 0.517. The van der Waals surface area contributed by atoms with Crippen LogP contribution in [0.15, 0.2) is 0 Å². The number of ketones is 1. The van der Waals surface area contributed by atoms with Crippen LogP contribution in [0.25, 0.3) is 0 Å². The van der Waals surface area contributed by atoms with Crippen LogP contribution in [0.2, 0.25) is 0 Å². The molecule has 0 fully saturated rings. The van der Waals surface area contributed by atoms with Gasteiger partial charge in [-0.25, -0.2) is 0 Å². The lowest BCUT2D eigenvalue weighted by Crippen LogP contribution is -2.10. The van der Waals surface area contributed by atoms with Crippen molar-refractivity contribution in [2.24, 2.45) is 5.92 Å². The number of carbonyl (C=O) groups excluding carboxylic acids is 2. The van der Waals surface area contributed by atoms with E-state index in [0.717, 1.165) is 32.0 Å². The molecule has 0 saturated carbocycles. The fraction of sp³-hybridized carbons (Fsp3) is 0.846. The van der Waals surface area contributed by atoms with Crippen LogP contribution in [0.1, 0.15) is 65.2 Å². The number of Topliss-reactive ketones (excluding diaryl/α,β-unsaturated/α-hetero) is 1. The maximum Gasteiger partial charge on any atom is 0.135 e. The molecule has 1 atom stereocenters. The molecule has 2 heteroatoms. The fourth-order valence-corrected chi connectivity index (χ4v) is 1.64. The van der Waals surface area contributed by atoms with Crippen molar-refractivity contribution in [2.45, 2.75) is 65.2 Å². The Labute approximate surface area is 93.4 Å². The zero-order valence-corrected chi connectivity index (χ0v) is 10.1. The first-order chi connectivity index (χ1) is 7.22. The largest absolute Gasteiger partial charge is 0.303 e. The van der Waals surface area contributed by atoms with Crippen LogP contribution in [0, 0.1) is 5.92 Å². The van der Waals surface area contributed by atoms with Crippen LogP contribution in [-0.4, -0.2) is 12.1 Å². The summed E-state index contributed by atoms with van der Waals surface area (Å²) in [5, 5.41) is 0. The van der Waals surface area contributed by atoms with Crippen LogP contribution in [0.4, 0.5) is 0 Å². The van der Waals surface area contributed by atoms with Gasteiger partial charge in [0.25, 0.3) is 0 Å². The molecule has 0 aromatic rings. The van der Waals surface area contributed by atoms with E-state index in [2.05, 4.69) is 6.92 Å². The van der Waals surface area contributed by atoms with Crippen molar-refractivity contribution in [2.75, 3.05) is 0 Å².